The zero-order valence-electron chi connectivity index (χ0n) is 11.0. The summed E-state index contributed by atoms with van der Waals surface area (Å²) in [7, 11) is 1.79. The van der Waals surface area contributed by atoms with E-state index in [2.05, 4.69) is 22.5 Å². The number of aliphatic imine (C=N–C) groups is 1. The second kappa shape index (κ2) is 7.01. The Morgan fingerprint density at radius 2 is 2.22 bits per heavy atom. The molecular weight excluding hydrogens is 341 g/mol. The van der Waals surface area contributed by atoms with Crippen LogP contribution in [0, 0.1) is 5.41 Å². The van der Waals surface area contributed by atoms with Crippen molar-refractivity contribution in [2.45, 2.75) is 32.7 Å². The van der Waals surface area contributed by atoms with Gasteiger partial charge in [0.05, 0.1) is 12.8 Å². The Bertz CT molecular complexity index is 372. The minimum absolute atomic E-state index is 0. The van der Waals surface area contributed by atoms with Crippen LogP contribution in [0.15, 0.2) is 27.8 Å². The minimum atomic E-state index is 0. The minimum Gasteiger partial charge on any atom is -0.467 e. The van der Waals surface area contributed by atoms with Gasteiger partial charge in [-0.1, -0.05) is 6.92 Å². The largest absolute Gasteiger partial charge is 0.467 e. The molecule has 1 aromatic heterocycles. The highest BCUT2D eigenvalue weighted by molar-refractivity contribution is 14.0. The summed E-state index contributed by atoms with van der Waals surface area (Å²) in [6, 6.07) is 3.85. The normalized spacial score (nSPS) is 16.9. The Balaban J connectivity index is 0.00000162. The topological polar surface area (TPSA) is 49.6 Å². The molecule has 0 amide bonds. The van der Waals surface area contributed by atoms with Crippen LogP contribution in [0.25, 0.3) is 0 Å². The molecule has 2 N–H and O–H groups in total. The summed E-state index contributed by atoms with van der Waals surface area (Å²) in [5.74, 6) is 1.77. The van der Waals surface area contributed by atoms with E-state index in [9.17, 15) is 0 Å². The lowest BCUT2D eigenvalue weighted by Crippen LogP contribution is -2.39. The lowest BCUT2D eigenvalue weighted by atomic mass is 10.0. The van der Waals surface area contributed by atoms with Crippen LogP contribution in [0.2, 0.25) is 0 Å². The fraction of sp³-hybridized carbons (Fsp3) is 0.615. The van der Waals surface area contributed by atoms with Crippen LogP contribution in [0.3, 0.4) is 0 Å². The lowest BCUT2D eigenvalue weighted by molar-refractivity contribution is 0.473. The van der Waals surface area contributed by atoms with E-state index >= 15 is 0 Å². The van der Waals surface area contributed by atoms with Gasteiger partial charge in [0.1, 0.15) is 5.76 Å². The Morgan fingerprint density at radius 1 is 1.44 bits per heavy atom. The van der Waals surface area contributed by atoms with Gasteiger partial charge in [-0.2, -0.15) is 0 Å². The van der Waals surface area contributed by atoms with Crippen molar-refractivity contribution in [1.82, 2.24) is 10.6 Å². The molecule has 0 spiro atoms. The molecule has 1 heterocycles. The first kappa shape index (κ1) is 15.3. The monoisotopic (exact) mass is 363 g/mol. The summed E-state index contributed by atoms with van der Waals surface area (Å²) in [5, 5.41) is 6.62. The highest BCUT2D eigenvalue weighted by atomic mass is 127. The van der Waals surface area contributed by atoms with Gasteiger partial charge in [-0.3, -0.25) is 4.99 Å². The van der Waals surface area contributed by atoms with Crippen molar-refractivity contribution in [2.24, 2.45) is 10.4 Å². The number of hydrogen-bond donors (Lipinski definition) is 2. The molecule has 0 bridgehead atoms. The predicted molar refractivity (Wildman–Crippen MR) is 84.3 cm³/mol. The number of hydrogen-bond acceptors (Lipinski definition) is 2. The fourth-order valence-electron chi connectivity index (χ4n) is 1.91. The van der Waals surface area contributed by atoms with E-state index in [1.165, 1.54) is 19.3 Å². The molecule has 1 aliphatic carbocycles. The second-order valence-corrected chi connectivity index (χ2v) is 4.71. The zero-order valence-corrected chi connectivity index (χ0v) is 13.4. The molecule has 0 saturated heterocycles. The van der Waals surface area contributed by atoms with Gasteiger partial charge in [0.2, 0.25) is 0 Å². The second-order valence-electron chi connectivity index (χ2n) is 4.71. The number of guanidine groups is 1. The number of nitrogens with zero attached hydrogens (tertiary/aromatic N) is 1. The summed E-state index contributed by atoms with van der Waals surface area (Å²) in [6.45, 7) is 3.95. The molecule has 1 saturated carbocycles. The van der Waals surface area contributed by atoms with Crippen molar-refractivity contribution in [2.75, 3.05) is 13.6 Å². The molecule has 4 nitrogen and oxygen atoms in total. The van der Waals surface area contributed by atoms with Gasteiger partial charge in [0, 0.05) is 13.6 Å². The first-order valence-corrected chi connectivity index (χ1v) is 6.25. The van der Waals surface area contributed by atoms with Crippen molar-refractivity contribution < 1.29 is 4.42 Å². The van der Waals surface area contributed by atoms with Crippen molar-refractivity contribution in [3.63, 3.8) is 0 Å². The summed E-state index contributed by atoms with van der Waals surface area (Å²) >= 11 is 0. The third-order valence-electron chi connectivity index (χ3n) is 3.57. The smallest absolute Gasteiger partial charge is 0.191 e. The van der Waals surface area contributed by atoms with Crippen molar-refractivity contribution in [1.29, 1.82) is 0 Å². The van der Waals surface area contributed by atoms with Crippen molar-refractivity contribution >= 4 is 29.9 Å². The summed E-state index contributed by atoms with van der Waals surface area (Å²) in [4.78, 5) is 4.21. The average Bonchev–Trinajstić information content (AvgIpc) is 2.96. The molecule has 5 heteroatoms. The SMILES string of the molecule is CCC1(CNC(=NC)NCc2ccco2)CC1.I. The highest BCUT2D eigenvalue weighted by Gasteiger charge is 2.40. The number of rotatable bonds is 5. The van der Waals surface area contributed by atoms with E-state index < -0.39 is 0 Å². The molecule has 0 aliphatic heterocycles. The summed E-state index contributed by atoms with van der Waals surface area (Å²) in [5.41, 5.74) is 0.530. The fourth-order valence-corrected chi connectivity index (χ4v) is 1.91. The van der Waals surface area contributed by atoms with Gasteiger partial charge >= 0.3 is 0 Å². The first-order chi connectivity index (χ1) is 8.28. The van der Waals surface area contributed by atoms with Gasteiger partial charge in [-0.05, 0) is 36.8 Å². The quantitative estimate of drug-likeness (QED) is 0.481. The van der Waals surface area contributed by atoms with Gasteiger partial charge in [-0.25, -0.2) is 0 Å². The average molecular weight is 363 g/mol. The Labute approximate surface area is 126 Å². The molecule has 1 aromatic rings. The molecule has 0 atom stereocenters. The van der Waals surface area contributed by atoms with E-state index in [-0.39, 0.29) is 24.0 Å². The maximum atomic E-state index is 5.26. The van der Waals surface area contributed by atoms with Gasteiger partial charge < -0.3 is 15.1 Å². The predicted octanol–water partition coefficient (Wildman–Crippen LogP) is 2.75. The van der Waals surface area contributed by atoms with Crippen LogP contribution in [0.1, 0.15) is 31.9 Å². The van der Waals surface area contributed by atoms with E-state index in [4.69, 9.17) is 4.42 Å². The Morgan fingerprint density at radius 3 is 2.72 bits per heavy atom. The standard InChI is InChI=1S/C13H21N3O.HI/c1-3-13(6-7-13)10-16-12(14-2)15-9-11-5-4-8-17-11;/h4-5,8H,3,6-7,9-10H2,1-2H3,(H2,14,15,16);1H. The van der Waals surface area contributed by atoms with Crippen LogP contribution < -0.4 is 10.6 Å². The van der Waals surface area contributed by atoms with Gasteiger partial charge in [-0.15, -0.1) is 24.0 Å². The maximum absolute atomic E-state index is 5.26. The molecule has 18 heavy (non-hydrogen) atoms. The molecular formula is C13H22IN3O. The first-order valence-electron chi connectivity index (χ1n) is 6.25. The number of halogens is 1. The molecule has 102 valence electrons. The van der Waals surface area contributed by atoms with E-state index in [1.54, 1.807) is 13.3 Å². The summed E-state index contributed by atoms with van der Waals surface area (Å²) in [6.07, 6.45) is 5.61. The maximum Gasteiger partial charge on any atom is 0.191 e. The zero-order chi connectivity index (χ0) is 12.1. The van der Waals surface area contributed by atoms with Crippen LogP contribution >= 0.6 is 24.0 Å². The molecule has 2 rings (SSSR count). The van der Waals surface area contributed by atoms with E-state index in [0.29, 0.717) is 12.0 Å². The lowest BCUT2D eigenvalue weighted by Gasteiger charge is -2.16. The van der Waals surface area contributed by atoms with Gasteiger partial charge in [0.25, 0.3) is 0 Å². The summed E-state index contributed by atoms with van der Waals surface area (Å²) < 4.78 is 5.26. The third kappa shape index (κ3) is 4.19. The van der Waals surface area contributed by atoms with Gasteiger partial charge in [0.15, 0.2) is 5.96 Å². The molecule has 0 unspecified atom stereocenters. The van der Waals surface area contributed by atoms with Crippen molar-refractivity contribution in [3.8, 4) is 0 Å². The van der Waals surface area contributed by atoms with Crippen LogP contribution in [-0.2, 0) is 6.54 Å². The molecule has 1 fully saturated rings. The van der Waals surface area contributed by atoms with Crippen LogP contribution in [0.5, 0.6) is 0 Å². The number of nitrogens with one attached hydrogen (secondary N) is 2. The van der Waals surface area contributed by atoms with E-state index in [0.717, 1.165) is 18.3 Å². The Hall–Kier alpha value is -0.720. The molecule has 1 aliphatic rings. The van der Waals surface area contributed by atoms with E-state index in [1.807, 2.05) is 12.1 Å². The highest BCUT2D eigenvalue weighted by Crippen LogP contribution is 2.47. The molecule has 0 aromatic carbocycles. The molecule has 0 radical (unpaired) electrons. The van der Waals surface area contributed by atoms with Crippen molar-refractivity contribution in [3.05, 3.63) is 24.2 Å². The third-order valence-corrected chi connectivity index (χ3v) is 3.57. The van der Waals surface area contributed by atoms with Crippen LogP contribution in [-0.4, -0.2) is 19.6 Å². The van der Waals surface area contributed by atoms with Crippen LogP contribution in [0.4, 0.5) is 0 Å². The number of furan rings is 1. The Kier molecular flexibility index (Phi) is 5.98.